The minimum absolute atomic E-state index is 0.0569. The number of anilines is 1. The third-order valence-corrected chi connectivity index (χ3v) is 9.46. The highest BCUT2D eigenvalue weighted by molar-refractivity contribution is 7.92. The number of rotatable bonds is 13. The van der Waals surface area contributed by atoms with Gasteiger partial charge >= 0.3 is 0 Å². The molecule has 0 spiro atoms. The van der Waals surface area contributed by atoms with Gasteiger partial charge in [0.05, 0.1) is 24.3 Å². The Morgan fingerprint density at radius 2 is 1.53 bits per heavy atom. The number of carbonyl (C=O) groups is 2. The summed E-state index contributed by atoms with van der Waals surface area (Å²) in [6.45, 7) is 3.63. The second-order valence-electron chi connectivity index (χ2n) is 10.6. The van der Waals surface area contributed by atoms with E-state index in [2.05, 4.69) is 5.32 Å². The maximum absolute atomic E-state index is 14.1. The Labute approximate surface area is 254 Å². The van der Waals surface area contributed by atoms with E-state index in [1.807, 2.05) is 19.1 Å². The Kier molecular flexibility index (Phi) is 11.1. The topological polar surface area (TPSA) is 105 Å². The van der Waals surface area contributed by atoms with Crippen molar-refractivity contribution in [1.82, 2.24) is 10.2 Å². The molecule has 1 saturated carbocycles. The van der Waals surface area contributed by atoms with E-state index in [0.29, 0.717) is 23.8 Å². The Morgan fingerprint density at radius 1 is 0.907 bits per heavy atom. The summed E-state index contributed by atoms with van der Waals surface area (Å²) in [6, 6.07) is 21.0. The van der Waals surface area contributed by atoms with Crippen molar-refractivity contribution in [3.8, 4) is 11.5 Å². The fraction of sp³-hybridized carbons (Fsp3) is 0.394. The van der Waals surface area contributed by atoms with Gasteiger partial charge in [-0.1, -0.05) is 49.6 Å². The fourth-order valence-corrected chi connectivity index (χ4v) is 6.64. The van der Waals surface area contributed by atoms with Crippen LogP contribution in [0.4, 0.5) is 5.69 Å². The fourth-order valence-electron chi connectivity index (χ4n) is 5.20. The number of carbonyl (C=O) groups excluding carboxylic acids is 2. The van der Waals surface area contributed by atoms with E-state index >= 15 is 0 Å². The van der Waals surface area contributed by atoms with Gasteiger partial charge in [-0.2, -0.15) is 0 Å². The highest BCUT2D eigenvalue weighted by atomic mass is 32.2. The summed E-state index contributed by atoms with van der Waals surface area (Å²) in [5.74, 6) is 0.493. The lowest BCUT2D eigenvalue weighted by molar-refractivity contribution is -0.139. The summed E-state index contributed by atoms with van der Waals surface area (Å²) in [6.07, 6.45) is 5.09. The average molecular weight is 608 g/mol. The Morgan fingerprint density at radius 3 is 2.14 bits per heavy atom. The van der Waals surface area contributed by atoms with Crippen LogP contribution < -0.4 is 19.1 Å². The van der Waals surface area contributed by atoms with Crippen LogP contribution in [0.15, 0.2) is 83.8 Å². The van der Waals surface area contributed by atoms with Crippen molar-refractivity contribution in [1.29, 1.82) is 0 Å². The quantitative estimate of drug-likeness (QED) is 0.288. The van der Waals surface area contributed by atoms with E-state index < -0.39 is 28.5 Å². The molecule has 0 bridgehead atoms. The van der Waals surface area contributed by atoms with Gasteiger partial charge in [0.15, 0.2) is 0 Å². The molecule has 0 aliphatic heterocycles. The summed E-state index contributed by atoms with van der Waals surface area (Å²) < 4.78 is 39.8. The molecule has 43 heavy (non-hydrogen) atoms. The standard InChI is InChI=1S/C33H41N3O6S/c1-4-42-30-21-17-28(18-22-30)36(43(39,40)31-13-9-6-10-14-31)24-32(37)35(23-26-15-19-29(41-3)20-16-26)25(2)33(38)34-27-11-7-5-8-12-27/h6,9-10,13-22,25,27H,4-5,7-8,11-12,23-24H2,1-3H3,(H,34,38)/t25-/m1/s1. The molecule has 2 amide bonds. The lowest BCUT2D eigenvalue weighted by Crippen LogP contribution is -2.53. The summed E-state index contributed by atoms with van der Waals surface area (Å²) in [5, 5.41) is 3.12. The van der Waals surface area contributed by atoms with E-state index in [0.717, 1.165) is 42.0 Å². The molecule has 1 atom stereocenters. The van der Waals surface area contributed by atoms with Gasteiger partial charge in [0.25, 0.3) is 10.0 Å². The maximum Gasteiger partial charge on any atom is 0.264 e. The van der Waals surface area contributed by atoms with E-state index in [1.54, 1.807) is 68.6 Å². The Balaban J connectivity index is 1.66. The van der Waals surface area contributed by atoms with Crippen molar-refractivity contribution in [3.05, 3.63) is 84.4 Å². The molecule has 1 N–H and O–H groups in total. The van der Waals surface area contributed by atoms with Crippen LogP contribution in [0.1, 0.15) is 51.5 Å². The van der Waals surface area contributed by atoms with Crippen molar-refractivity contribution < 1.29 is 27.5 Å². The van der Waals surface area contributed by atoms with E-state index in [-0.39, 0.29) is 23.4 Å². The molecule has 0 heterocycles. The van der Waals surface area contributed by atoms with Crippen LogP contribution in [0.5, 0.6) is 11.5 Å². The molecule has 9 nitrogen and oxygen atoms in total. The predicted octanol–water partition coefficient (Wildman–Crippen LogP) is 5.16. The van der Waals surface area contributed by atoms with Crippen molar-refractivity contribution in [2.24, 2.45) is 0 Å². The smallest absolute Gasteiger partial charge is 0.264 e. The molecule has 1 fully saturated rings. The first-order valence-corrected chi connectivity index (χ1v) is 16.2. The second kappa shape index (κ2) is 14.9. The van der Waals surface area contributed by atoms with Gasteiger partial charge in [-0.15, -0.1) is 0 Å². The summed E-state index contributed by atoms with van der Waals surface area (Å²) in [4.78, 5) is 29.1. The lowest BCUT2D eigenvalue weighted by Gasteiger charge is -2.33. The van der Waals surface area contributed by atoms with Gasteiger partial charge < -0.3 is 19.7 Å². The zero-order valence-corrected chi connectivity index (χ0v) is 25.9. The first-order valence-electron chi connectivity index (χ1n) is 14.8. The molecule has 0 aromatic heterocycles. The number of sulfonamides is 1. The first kappa shape index (κ1) is 31.9. The van der Waals surface area contributed by atoms with Crippen molar-refractivity contribution in [3.63, 3.8) is 0 Å². The van der Waals surface area contributed by atoms with Crippen LogP contribution in [0, 0.1) is 0 Å². The molecule has 0 saturated heterocycles. The number of benzene rings is 3. The molecule has 1 aliphatic rings. The highest BCUT2D eigenvalue weighted by Gasteiger charge is 2.33. The number of methoxy groups -OCH3 is 1. The number of amides is 2. The molecule has 230 valence electrons. The van der Waals surface area contributed by atoms with Gasteiger partial charge in [-0.05, 0) is 80.8 Å². The van der Waals surface area contributed by atoms with E-state index in [4.69, 9.17) is 9.47 Å². The minimum Gasteiger partial charge on any atom is -0.497 e. The van der Waals surface area contributed by atoms with Gasteiger partial charge in [0.2, 0.25) is 11.8 Å². The highest BCUT2D eigenvalue weighted by Crippen LogP contribution is 2.27. The van der Waals surface area contributed by atoms with Crippen LogP contribution in [-0.4, -0.2) is 57.5 Å². The molecule has 1 aliphatic carbocycles. The summed E-state index contributed by atoms with van der Waals surface area (Å²) in [7, 11) is -2.56. The van der Waals surface area contributed by atoms with Crippen molar-refractivity contribution in [2.75, 3.05) is 24.6 Å². The van der Waals surface area contributed by atoms with Gasteiger partial charge in [0, 0.05) is 12.6 Å². The zero-order valence-electron chi connectivity index (χ0n) is 25.1. The molecule has 4 rings (SSSR count). The van der Waals surface area contributed by atoms with Gasteiger partial charge in [-0.25, -0.2) is 8.42 Å². The van der Waals surface area contributed by atoms with E-state index in [1.165, 1.54) is 17.0 Å². The number of nitrogens with zero attached hydrogens (tertiary/aromatic N) is 2. The average Bonchev–Trinajstić information content (AvgIpc) is 3.03. The van der Waals surface area contributed by atoms with E-state index in [9.17, 15) is 18.0 Å². The number of hydrogen-bond donors (Lipinski definition) is 1. The molecule has 10 heteroatoms. The number of nitrogens with one attached hydrogen (secondary N) is 1. The van der Waals surface area contributed by atoms with Gasteiger partial charge in [-0.3, -0.25) is 13.9 Å². The molecule has 3 aromatic carbocycles. The predicted molar refractivity (Wildman–Crippen MR) is 167 cm³/mol. The number of ether oxygens (including phenoxy) is 2. The molecular formula is C33H41N3O6S. The van der Waals surface area contributed by atoms with Crippen LogP contribution in [0.2, 0.25) is 0 Å². The Bertz CT molecular complexity index is 1440. The Hall–Kier alpha value is -4.05. The van der Waals surface area contributed by atoms with Gasteiger partial charge in [0.1, 0.15) is 24.1 Å². The monoisotopic (exact) mass is 607 g/mol. The molecule has 0 unspecified atom stereocenters. The lowest BCUT2D eigenvalue weighted by atomic mass is 9.95. The van der Waals surface area contributed by atoms with Crippen LogP contribution in [-0.2, 0) is 26.2 Å². The SMILES string of the molecule is CCOc1ccc(N(CC(=O)N(Cc2ccc(OC)cc2)[C@H](C)C(=O)NC2CCCCC2)S(=O)(=O)c2ccccc2)cc1. The summed E-state index contributed by atoms with van der Waals surface area (Å²) >= 11 is 0. The molecular weight excluding hydrogens is 566 g/mol. The third kappa shape index (κ3) is 8.28. The second-order valence-corrected chi connectivity index (χ2v) is 12.5. The number of hydrogen-bond acceptors (Lipinski definition) is 6. The van der Waals surface area contributed by atoms with Crippen LogP contribution in [0.3, 0.4) is 0 Å². The molecule has 0 radical (unpaired) electrons. The van der Waals surface area contributed by atoms with Crippen LogP contribution >= 0.6 is 0 Å². The zero-order chi connectivity index (χ0) is 30.8. The normalized spacial score (nSPS) is 14.4. The van der Waals surface area contributed by atoms with Crippen molar-refractivity contribution in [2.45, 2.75) is 69.5 Å². The first-order chi connectivity index (χ1) is 20.7. The molecule has 3 aromatic rings. The maximum atomic E-state index is 14.1. The minimum atomic E-state index is -4.13. The largest absolute Gasteiger partial charge is 0.497 e. The van der Waals surface area contributed by atoms with Crippen molar-refractivity contribution >= 4 is 27.5 Å². The van der Waals surface area contributed by atoms with Crippen LogP contribution in [0.25, 0.3) is 0 Å². The third-order valence-electron chi connectivity index (χ3n) is 7.68. The summed E-state index contributed by atoms with van der Waals surface area (Å²) in [5.41, 5.74) is 1.09.